The van der Waals surface area contributed by atoms with E-state index < -0.39 is 49.6 Å². The third-order valence-corrected chi connectivity index (χ3v) is 9.48. The van der Waals surface area contributed by atoms with Crippen molar-refractivity contribution in [3.05, 3.63) is 35.4 Å². The van der Waals surface area contributed by atoms with Crippen molar-refractivity contribution in [2.24, 2.45) is 5.92 Å². The molecule has 1 rings (SSSR count). The molecule has 1 aromatic carbocycles. The van der Waals surface area contributed by atoms with Crippen molar-refractivity contribution in [1.82, 2.24) is 0 Å². The highest BCUT2D eigenvalue weighted by Crippen LogP contribution is 2.42. The summed E-state index contributed by atoms with van der Waals surface area (Å²) in [6.07, 6.45) is -5.83. The van der Waals surface area contributed by atoms with Gasteiger partial charge in [-0.15, -0.1) is 0 Å². The molecule has 0 radical (unpaired) electrons. The first kappa shape index (κ1) is 26.2. The maximum atomic E-state index is 13.0. The number of carbonyl (C=O) groups excluding carboxylic acids is 1. The molecule has 0 aliphatic heterocycles. The summed E-state index contributed by atoms with van der Waals surface area (Å²) in [6.45, 7) is 14.4. The van der Waals surface area contributed by atoms with Crippen LogP contribution in [0.3, 0.4) is 0 Å². The first-order valence-electron chi connectivity index (χ1n) is 9.57. The number of ether oxygens (including phenoxy) is 1. The Morgan fingerprint density at radius 2 is 1.43 bits per heavy atom. The molecule has 0 spiro atoms. The fraction of sp³-hybridized carbons (Fsp3) is 0.619. The van der Waals surface area contributed by atoms with Crippen LogP contribution in [0.1, 0.15) is 58.8 Å². The van der Waals surface area contributed by atoms with Crippen molar-refractivity contribution in [3.63, 3.8) is 0 Å². The molecule has 2 unspecified atom stereocenters. The molecule has 170 valence electrons. The molecule has 0 saturated carbocycles. The highest BCUT2D eigenvalue weighted by Gasteiger charge is 2.46. The minimum Gasteiger partial charge on any atom is -0.481 e. The summed E-state index contributed by atoms with van der Waals surface area (Å²) in [4.78, 5) is 24.8. The van der Waals surface area contributed by atoms with Crippen molar-refractivity contribution in [1.29, 1.82) is 0 Å². The van der Waals surface area contributed by atoms with E-state index in [1.807, 2.05) is 33.9 Å². The molecule has 0 aliphatic rings. The summed E-state index contributed by atoms with van der Waals surface area (Å²) in [5.41, 5.74) is -1.64. The molecule has 1 N–H and O–H groups in total. The van der Waals surface area contributed by atoms with Crippen molar-refractivity contribution < 1.29 is 37.0 Å². The number of rotatable bonds is 6. The monoisotopic (exact) mass is 448 g/mol. The van der Waals surface area contributed by atoms with Crippen LogP contribution >= 0.6 is 0 Å². The predicted octanol–water partition coefficient (Wildman–Crippen LogP) is 5.81. The average Bonchev–Trinajstić information content (AvgIpc) is 2.50. The molecule has 0 fully saturated rings. The van der Waals surface area contributed by atoms with Crippen LogP contribution in [0.5, 0.6) is 0 Å². The Balaban J connectivity index is 3.51. The number of benzene rings is 1. The smallest absolute Gasteiger partial charge is 0.416 e. The lowest BCUT2D eigenvalue weighted by molar-refractivity contribution is -0.171. The maximum absolute atomic E-state index is 13.0. The van der Waals surface area contributed by atoms with E-state index in [0.29, 0.717) is 0 Å². The zero-order chi connectivity index (χ0) is 23.7. The third kappa shape index (κ3) is 6.83. The summed E-state index contributed by atoms with van der Waals surface area (Å²) in [7, 11) is -2.61. The molecule has 0 heterocycles. The second-order valence-corrected chi connectivity index (χ2v) is 14.5. The molecule has 2 atom stereocenters. The van der Waals surface area contributed by atoms with E-state index in [-0.39, 0.29) is 10.6 Å². The highest BCUT2D eigenvalue weighted by molar-refractivity contribution is 6.74. The minimum atomic E-state index is -4.54. The van der Waals surface area contributed by atoms with E-state index in [4.69, 9.17) is 9.16 Å². The number of alkyl halides is 3. The van der Waals surface area contributed by atoms with Crippen molar-refractivity contribution in [2.45, 2.75) is 77.6 Å². The maximum Gasteiger partial charge on any atom is 0.416 e. The Morgan fingerprint density at radius 3 is 1.77 bits per heavy atom. The van der Waals surface area contributed by atoms with Crippen LogP contribution in [0.2, 0.25) is 18.1 Å². The highest BCUT2D eigenvalue weighted by atomic mass is 28.4. The van der Waals surface area contributed by atoms with Gasteiger partial charge in [0.1, 0.15) is 5.60 Å². The van der Waals surface area contributed by atoms with E-state index in [9.17, 15) is 27.9 Å². The third-order valence-electron chi connectivity index (χ3n) is 5.02. The average molecular weight is 449 g/mol. The number of carboxylic acid groups (broad SMARTS) is 1. The topological polar surface area (TPSA) is 72.8 Å². The molecule has 30 heavy (non-hydrogen) atoms. The number of halogens is 3. The summed E-state index contributed by atoms with van der Waals surface area (Å²) in [5.74, 6) is -4.19. The van der Waals surface area contributed by atoms with E-state index in [1.165, 1.54) is 0 Å². The summed E-state index contributed by atoms with van der Waals surface area (Å²) in [6, 6.07) is 4.01. The number of carbonyl (C=O) groups is 2. The number of esters is 1. The summed E-state index contributed by atoms with van der Waals surface area (Å²) < 4.78 is 50.4. The first-order valence-corrected chi connectivity index (χ1v) is 12.5. The molecule has 5 nitrogen and oxygen atoms in total. The Morgan fingerprint density at radius 1 is 0.967 bits per heavy atom. The number of aliphatic carboxylic acids is 1. The fourth-order valence-electron chi connectivity index (χ4n) is 2.40. The number of carboxylic acids is 1. The van der Waals surface area contributed by atoms with Crippen LogP contribution in [0.4, 0.5) is 13.2 Å². The number of hydrogen-bond acceptors (Lipinski definition) is 4. The zero-order valence-corrected chi connectivity index (χ0v) is 19.7. The van der Waals surface area contributed by atoms with E-state index in [0.717, 1.165) is 24.3 Å². The molecule has 9 heteroatoms. The van der Waals surface area contributed by atoms with Gasteiger partial charge < -0.3 is 14.3 Å². The van der Waals surface area contributed by atoms with Gasteiger partial charge in [-0.05, 0) is 56.6 Å². The molecule has 0 aliphatic carbocycles. The van der Waals surface area contributed by atoms with Gasteiger partial charge >= 0.3 is 18.1 Å². The predicted molar refractivity (Wildman–Crippen MR) is 109 cm³/mol. The molecule has 0 aromatic heterocycles. The van der Waals surface area contributed by atoms with E-state index >= 15 is 0 Å². The normalized spacial score (nSPS) is 15.4. The van der Waals surface area contributed by atoms with Gasteiger partial charge in [0, 0.05) is 0 Å². The standard InChI is InChI=1S/C21H31F3O5Si/c1-19(2,3)28-18(27)15(17(25)26)16(29-30(7,8)20(4,5)6)13-9-11-14(12-10-13)21(22,23)24/h9-12,15-16H,1-8H3,(H,25,26). The quantitative estimate of drug-likeness (QED) is 0.338. The first-order chi connectivity index (χ1) is 13.3. The van der Waals surface area contributed by atoms with Gasteiger partial charge in [-0.25, -0.2) is 0 Å². The van der Waals surface area contributed by atoms with Gasteiger partial charge in [-0.1, -0.05) is 32.9 Å². The largest absolute Gasteiger partial charge is 0.481 e. The lowest BCUT2D eigenvalue weighted by atomic mass is 9.94. The van der Waals surface area contributed by atoms with Crippen LogP contribution in [0, 0.1) is 5.92 Å². The minimum absolute atomic E-state index is 0.172. The van der Waals surface area contributed by atoms with Crippen molar-refractivity contribution in [2.75, 3.05) is 0 Å². The second kappa shape index (κ2) is 8.70. The van der Waals surface area contributed by atoms with Crippen LogP contribution in [0.25, 0.3) is 0 Å². The van der Waals surface area contributed by atoms with Gasteiger partial charge in [-0.2, -0.15) is 13.2 Å². The lowest BCUT2D eigenvalue weighted by Gasteiger charge is -2.40. The van der Waals surface area contributed by atoms with Crippen molar-refractivity contribution in [3.8, 4) is 0 Å². The van der Waals surface area contributed by atoms with Gasteiger partial charge in [0.05, 0.1) is 11.7 Å². The Labute approximate surface area is 176 Å². The van der Waals surface area contributed by atoms with Crippen molar-refractivity contribution >= 4 is 20.3 Å². The second-order valence-electron chi connectivity index (χ2n) is 9.77. The molecular formula is C21H31F3O5Si. The Kier molecular flexibility index (Phi) is 7.59. The molecule has 0 saturated heterocycles. The zero-order valence-electron chi connectivity index (χ0n) is 18.7. The van der Waals surface area contributed by atoms with E-state index in [2.05, 4.69) is 0 Å². The van der Waals surface area contributed by atoms with Crippen LogP contribution in [0.15, 0.2) is 24.3 Å². The van der Waals surface area contributed by atoms with Crippen LogP contribution in [-0.2, 0) is 24.9 Å². The summed E-state index contributed by atoms with van der Waals surface area (Å²) in [5, 5.41) is 9.49. The fourth-order valence-corrected chi connectivity index (χ4v) is 3.66. The summed E-state index contributed by atoms with van der Waals surface area (Å²) >= 11 is 0. The SMILES string of the molecule is CC(C)(C)OC(=O)C(C(=O)O)C(O[Si](C)(C)C(C)(C)C)c1ccc(C(F)(F)F)cc1. The molecule has 0 amide bonds. The molecule has 0 bridgehead atoms. The Hall–Kier alpha value is -1.87. The van der Waals surface area contributed by atoms with Crippen LogP contribution < -0.4 is 0 Å². The van der Waals surface area contributed by atoms with Crippen LogP contribution in [-0.4, -0.2) is 31.0 Å². The number of hydrogen-bond donors (Lipinski definition) is 1. The van der Waals surface area contributed by atoms with Gasteiger partial charge in [-0.3, -0.25) is 9.59 Å². The van der Waals surface area contributed by atoms with E-state index in [1.54, 1.807) is 20.8 Å². The van der Waals surface area contributed by atoms with Gasteiger partial charge in [0.25, 0.3) is 0 Å². The lowest BCUT2D eigenvalue weighted by Crippen LogP contribution is -2.46. The molecule has 1 aromatic rings. The molecular weight excluding hydrogens is 417 g/mol. The van der Waals surface area contributed by atoms with Gasteiger partial charge in [0.2, 0.25) is 0 Å². The Bertz CT molecular complexity index is 759. The van der Waals surface area contributed by atoms with Gasteiger partial charge in [0.15, 0.2) is 14.2 Å².